The first kappa shape index (κ1) is 10.7. The molecule has 0 aliphatic rings. The van der Waals surface area contributed by atoms with Crippen molar-refractivity contribution in [3.8, 4) is 6.07 Å². The summed E-state index contributed by atoms with van der Waals surface area (Å²) in [6, 6.07) is 5.75. The van der Waals surface area contributed by atoms with E-state index in [2.05, 4.69) is 10.4 Å². The number of halogens is 1. The van der Waals surface area contributed by atoms with Crippen LogP contribution in [-0.4, -0.2) is 4.98 Å². The molecular formula is C11H9ClN4. The Bertz CT molecular complexity index is 601. The van der Waals surface area contributed by atoms with Gasteiger partial charge >= 0.3 is 0 Å². The molecule has 0 saturated heterocycles. The zero-order valence-corrected chi connectivity index (χ0v) is 9.34. The van der Waals surface area contributed by atoms with Crippen LogP contribution in [0.15, 0.2) is 18.3 Å². The smallest absolute Gasteiger partial charge is 0.103 e. The monoisotopic (exact) mass is 232 g/mol. The minimum Gasteiger partial charge on any atom is -0.322 e. The number of rotatable bonds is 1. The summed E-state index contributed by atoms with van der Waals surface area (Å²) in [6.07, 6.45) is 1.46. The molecule has 3 N–H and O–H groups in total. The number of benzene rings is 1. The van der Waals surface area contributed by atoms with Gasteiger partial charge in [0.2, 0.25) is 0 Å². The Morgan fingerprint density at radius 2 is 2.25 bits per heavy atom. The number of aryl methyl sites for hydroxylation is 1. The molecule has 0 bridgehead atoms. The first-order valence-corrected chi connectivity index (χ1v) is 5.00. The fourth-order valence-corrected chi connectivity index (χ4v) is 1.96. The average Bonchev–Trinajstić information content (AvgIpc) is 2.27. The third-order valence-corrected chi connectivity index (χ3v) is 2.62. The van der Waals surface area contributed by atoms with Crippen molar-refractivity contribution in [2.24, 2.45) is 5.84 Å². The van der Waals surface area contributed by atoms with E-state index in [1.807, 2.05) is 25.1 Å². The lowest BCUT2D eigenvalue weighted by Crippen LogP contribution is -2.09. The van der Waals surface area contributed by atoms with Crippen LogP contribution in [0.5, 0.6) is 0 Å². The van der Waals surface area contributed by atoms with Gasteiger partial charge in [0.1, 0.15) is 6.07 Å². The van der Waals surface area contributed by atoms with E-state index in [1.54, 1.807) is 0 Å². The third-order valence-electron chi connectivity index (χ3n) is 2.33. The normalized spacial score (nSPS) is 10.1. The highest BCUT2D eigenvalue weighted by Gasteiger charge is 2.10. The maximum atomic E-state index is 8.93. The highest BCUT2D eigenvalue weighted by molar-refractivity contribution is 6.35. The van der Waals surface area contributed by atoms with E-state index in [-0.39, 0.29) is 0 Å². The number of nitrogens with two attached hydrogens (primary N) is 1. The maximum absolute atomic E-state index is 8.93. The molecule has 1 heterocycles. The van der Waals surface area contributed by atoms with Crippen molar-refractivity contribution in [1.29, 1.82) is 5.26 Å². The Hall–Kier alpha value is -1.83. The van der Waals surface area contributed by atoms with Crippen molar-refractivity contribution >= 4 is 28.2 Å². The number of nitrogen functional groups attached to an aromatic ring is 1. The van der Waals surface area contributed by atoms with Gasteiger partial charge in [0.25, 0.3) is 0 Å². The number of pyridine rings is 1. The van der Waals surface area contributed by atoms with Gasteiger partial charge in [0.15, 0.2) is 0 Å². The summed E-state index contributed by atoms with van der Waals surface area (Å²) in [5.41, 5.74) is 5.11. The van der Waals surface area contributed by atoms with Crippen molar-refractivity contribution < 1.29 is 0 Å². The largest absolute Gasteiger partial charge is 0.322 e. The quantitative estimate of drug-likeness (QED) is 0.585. The van der Waals surface area contributed by atoms with Crippen LogP contribution in [0.1, 0.15) is 11.1 Å². The second-order valence-corrected chi connectivity index (χ2v) is 3.85. The molecule has 5 heteroatoms. The molecule has 2 rings (SSSR count). The first-order chi connectivity index (χ1) is 7.67. The standard InChI is InChI=1S/C11H9ClN4/c1-6-2-8-10(16-14)7(4-13)5-15-11(8)9(12)3-6/h2-3,5H,14H2,1H3,(H,15,16). The molecule has 0 unspecified atom stereocenters. The van der Waals surface area contributed by atoms with Crippen LogP contribution in [0.2, 0.25) is 5.02 Å². The number of aromatic nitrogens is 1. The molecule has 4 nitrogen and oxygen atoms in total. The molecule has 1 aromatic heterocycles. The molecule has 1 aromatic carbocycles. The molecule has 16 heavy (non-hydrogen) atoms. The van der Waals surface area contributed by atoms with Gasteiger partial charge < -0.3 is 5.43 Å². The van der Waals surface area contributed by atoms with Crippen molar-refractivity contribution in [2.75, 3.05) is 5.43 Å². The summed E-state index contributed by atoms with van der Waals surface area (Å²) in [6.45, 7) is 1.92. The number of nitrogens with zero attached hydrogens (tertiary/aromatic N) is 2. The van der Waals surface area contributed by atoms with Gasteiger partial charge in [-0.05, 0) is 24.6 Å². The van der Waals surface area contributed by atoms with E-state index < -0.39 is 0 Å². The Morgan fingerprint density at radius 3 is 2.88 bits per heavy atom. The molecule has 0 radical (unpaired) electrons. The maximum Gasteiger partial charge on any atom is 0.103 e. The zero-order chi connectivity index (χ0) is 11.7. The molecule has 0 fully saturated rings. The Kier molecular flexibility index (Phi) is 2.65. The number of hydrogen-bond acceptors (Lipinski definition) is 4. The van der Waals surface area contributed by atoms with Gasteiger partial charge in [-0.15, -0.1) is 0 Å². The van der Waals surface area contributed by atoms with Gasteiger partial charge in [0.05, 0.1) is 21.8 Å². The molecule has 80 valence electrons. The van der Waals surface area contributed by atoms with E-state index in [9.17, 15) is 0 Å². The average molecular weight is 233 g/mol. The van der Waals surface area contributed by atoms with Gasteiger partial charge in [-0.1, -0.05) is 11.6 Å². The first-order valence-electron chi connectivity index (χ1n) is 4.63. The van der Waals surface area contributed by atoms with Crippen LogP contribution >= 0.6 is 11.6 Å². The van der Waals surface area contributed by atoms with E-state index >= 15 is 0 Å². The molecule has 0 atom stereocenters. The van der Waals surface area contributed by atoms with Gasteiger partial charge in [-0.25, -0.2) is 0 Å². The van der Waals surface area contributed by atoms with Crippen molar-refractivity contribution in [3.63, 3.8) is 0 Å². The van der Waals surface area contributed by atoms with Crippen LogP contribution in [0.3, 0.4) is 0 Å². The lowest BCUT2D eigenvalue weighted by Gasteiger charge is -2.09. The summed E-state index contributed by atoms with van der Waals surface area (Å²) in [5, 5.41) is 10.2. The third kappa shape index (κ3) is 1.56. The fourth-order valence-electron chi connectivity index (χ4n) is 1.64. The summed E-state index contributed by atoms with van der Waals surface area (Å²) >= 11 is 6.07. The van der Waals surface area contributed by atoms with Crippen molar-refractivity contribution in [3.05, 3.63) is 34.5 Å². The minimum absolute atomic E-state index is 0.400. The highest BCUT2D eigenvalue weighted by Crippen LogP contribution is 2.30. The molecule has 0 aliphatic heterocycles. The number of hydrazine groups is 1. The Balaban J connectivity index is 2.93. The van der Waals surface area contributed by atoms with Gasteiger partial charge in [-0.2, -0.15) is 5.26 Å². The molecule has 0 aliphatic carbocycles. The number of nitrogens with one attached hydrogen (secondary N) is 1. The molecule has 0 amide bonds. The number of hydrogen-bond donors (Lipinski definition) is 2. The van der Waals surface area contributed by atoms with E-state index in [0.717, 1.165) is 10.9 Å². The topological polar surface area (TPSA) is 74.7 Å². The predicted molar refractivity (Wildman–Crippen MR) is 64.0 cm³/mol. The van der Waals surface area contributed by atoms with Crippen LogP contribution in [0.25, 0.3) is 10.9 Å². The van der Waals surface area contributed by atoms with Crippen LogP contribution < -0.4 is 11.3 Å². The molecule has 2 aromatic rings. The lowest BCUT2D eigenvalue weighted by molar-refractivity contribution is 1.30. The van der Waals surface area contributed by atoms with E-state index in [0.29, 0.717) is 21.8 Å². The zero-order valence-electron chi connectivity index (χ0n) is 8.58. The summed E-state index contributed by atoms with van der Waals surface area (Å²) < 4.78 is 0. The Labute approximate surface area is 97.6 Å². The fraction of sp³-hybridized carbons (Fsp3) is 0.0909. The Morgan fingerprint density at radius 1 is 1.50 bits per heavy atom. The SMILES string of the molecule is Cc1cc(Cl)c2ncc(C#N)c(NN)c2c1. The molecule has 0 spiro atoms. The van der Waals surface area contributed by atoms with E-state index in [1.165, 1.54) is 6.20 Å². The minimum atomic E-state index is 0.400. The summed E-state index contributed by atoms with van der Waals surface area (Å²) in [7, 11) is 0. The van der Waals surface area contributed by atoms with Crippen molar-refractivity contribution in [2.45, 2.75) is 6.92 Å². The molecular weight excluding hydrogens is 224 g/mol. The van der Waals surface area contributed by atoms with Crippen LogP contribution in [0, 0.1) is 18.3 Å². The number of fused-ring (bicyclic) bond motifs is 1. The van der Waals surface area contributed by atoms with Gasteiger partial charge in [0, 0.05) is 11.6 Å². The van der Waals surface area contributed by atoms with Crippen LogP contribution in [0.4, 0.5) is 5.69 Å². The summed E-state index contributed by atoms with van der Waals surface area (Å²) in [4.78, 5) is 4.15. The van der Waals surface area contributed by atoms with Crippen LogP contribution in [-0.2, 0) is 0 Å². The van der Waals surface area contributed by atoms with Crippen molar-refractivity contribution in [1.82, 2.24) is 4.98 Å². The number of anilines is 1. The number of nitriles is 1. The van der Waals surface area contributed by atoms with E-state index in [4.69, 9.17) is 22.7 Å². The lowest BCUT2D eigenvalue weighted by atomic mass is 10.1. The predicted octanol–water partition coefficient (Wildman–Crippen LogP) is 2.35. The second kappa shape index (κ2) is 3.97. The molecule has 0 saturated carbocycles. The summed E-state index contributed by atoms with van der Waals surface area (Å²) in [5.74, 6) is 5.42. The van der Waals surface area contributed by atoms with Gasteiger partial charge in [-0.3, -0.25) is 10.8 Å². The second-order valence-electron chi connectivity index (χ2n) is 3.45. The highest BCUT2D eigenvalue weighted by atomic mass is 35.5.